The number of carbonyl (C=O) groups is 1. The van der Waals surface area contributed by atoms with E-state index in [2.05, 4.69) is 87.4 Å². The minimum atomic E-state index is -3.85. The number of aromatic nitrogens is 4. The van der Waals surface area contributed by atoms with Gasteiger partial charge in [0.25, 0.3) is 10.0 Å². The van der Waals surface area contributed by atoms with Gasteiger partial charge < -0.3 is 10.3 Å². The van der Waals surface area contributed by atoms with Gasteiger partial charge in [-0.2, -0.15) is 0 Å². The number of H-pyrrole nitrogens is 1. The van der Waals surface area contributed by atoms with Crippen LogP contribution in [0.5, 0.6) is 0 Å². The van der Waals surface area contributed by atoms with Gasteiger partial charge in [0.1, 0.15) is 0 Å². The first-order valence-electron chi connectivity index (χ1n) is 12.8. The van der Waals surface area contributed by atoms with Crippen LogP contribution in [0.3, 0.4) is 0 Å². The molecule has 0 saturated carbocycles. The molecule has 0 bridgehead atoms. The number of hydrogen-bond acceptors (Lipinski definition) is 7. The number of nitrogens with zero attached hydrogens (tertiary/aromatic N) is 3. The molecule has 0 aliphatic carbocycles. The van der Waals surface area contributed by atoms with Crippen LogP contribution < -0.4 is 10.0 Å². The van der Waals surface area contributed by atoms with Crippen molar-refractivity contribution in [2.75, 3.05) is 15.8 Å². The molecule has 1 amide bonds. The third-order valence-corrected chi connectivity index (χ3v) is 8.37. The van der Waals surface area contributed by atoms with Crippen LogP contribution in [0.4, 0.5) is 11.6 Å². The SMILES string of the molecule is Cc1ccc(-c2nc(SCCC(=O)Nc3ccc(S(=O)(=O)Nc4ncccn4)cc3)[nH]c2-c2ccc(C)cc2)cc1. The Kier molecular flexibility index (Phi) is 8.46. The van der Waals surface area contributed by atoms with Crippen molar-refractivity contribution in [3.8, 4) is 22.5 Å². The van der Waals surface area contributed by atoms with Crippen molar-refractivity contribution in [3.05, 3.63) is 102 Å². The molecule has 0 radical (unpaired) electrons. The third-order valence-electron chi connectivity index (χ3n) is 6.16. The summed E-state index contributed by atoms with van der Waals surface area (Å²) in [6.45, 7) is 4.11. The highest BCUT2D eigenvalue weighted by Crippen LogP contribution is 2.33. The normalized spacial score (nSPS) is 11.3. The molecule has 5 rings (SSSR count). The van der Waals surface area contributed by atoms with Gasteiger partial charge in [0.2, 0.25) is 11.9 Å². The van der Waals surface area contributed by atoms with E-state index in [1.165, 1.54) is 47.4 Å². The first kappa shape index (κ1) is 28.1. The van der Waals surface area contributed by atoms with Gasteiger partial charge in [-0.05, 0) is 44.2 Å². The van der Waals surface area contributed by atoms with Gasteiger partial charge in [-0.1, -0.05) is 71.4 Å². The molecule has 0 saturated heterocycles. The number of anilines is 2. The van der Waals surface area contributed by atoms with Crippen LogP contribution in [0.1, 0.15) is 17.5 Å². The van der Waals surface area contributed by atoms with Crippen LogP contribution in [-0.2, 0) is 14.8 Å². The zero-order chi connectivity index (χ0) is 28.8. The molecule has 3 N–H and O–H groups in total. The Bertz CT molecular complexity index is 1670. The molecule has 0 aliphatic rings. The van der Waals surface area contributed by atoms with Gasteiger partial charge in [0, 0.05) is 41.4 Å². The molecule has 3 aromatic carbocycles. The Morgan fingerprint density at radius 1 is 0.854 bits per heavy atom. The van der Waals surface area contributed by atoms with Gasteiger partial charge >= 0.3 is 0 Å². The summed E-state index contributed by atoms with van der Waals surface area (Å²) in [6, 6.07) is 24.1. The van der Waals surface area contributed by atoms with Crippen molar-refractivity contribution >= 4 is 39.3 Å². The van der Waals surface area contributed by atoms with Crippen LogP contribution in [0.2, 0.25) is 0 Å². The first-order chi connectivity index (χ1) is 19.8. The minimum Gasteiger partial charge on any atom is -0.332 e. The Hall–Kier alpha value is -4.48. The Balaban J connectivity index is 1.21. The summed E-state index contributed by atoms with van der Waals surface area (Å²) >= 11 is 1.47. The number of hydrogen-bond donors (Lipinski definition) is 3. The van der Waals surface area contributed by atoms with E-state index in [1.807, 2.05) is 0 Å². The molecule has 11 heteroatoms. The van der Waals surface area contributed by atoms with Crippen LogP contribution in [-0.4, -0.2) is 40.0 Å². The van der Waals surface area contributed by atoms with E-state index in [0.29, 0.717) is 11.4 Å². The van der Waals surface area contributed by atoms with E-state index >= 15 is 0 Å². The van der Waals surface area contributed by atoms with Crippen LogP contribution in [0.25, 0.3) is 22.5 Å². The van der Waals surface area contributed by atoms with Crippen molar-refractivity contribution in [1.82, 2.24) is 19.9 Å². The molecule has 2 aromatic heterocycles. The van der Waals surface area contributed by atoms with E-state index in [-0.39, 0.29) is 23.2 Å². The Labute approximate surface area is 242 Å². The summed E-state index contributed by atoms with van der Waals surface area (Å²) in [5.74, 6) is 0.303. The van der Waals surface area contributed by atoms with Crippen molar-refractivity contribution < 1.29 is 13.2 Å². The molecular weight excluding hydrogens is 557 g/mol. The van der Waals surface area contributed by atoms with E-state index < -0.39 is 10.0 Å². The molecule has 41 heavy (non-hydrogen) atoms. The first-order valence-corrected chi connectivity index (χ1v) is 15.3. The van der Waals surface area contributed by atoms with Gasteiger partial charge in [-0.25, -0.2) is 28.1 Å². The van der Waals surface area contributed by atoms with Gasteiger partial charge in [0.05, 0.1) is 16.3 Å². The van der Waals surface area contributed by atoms with Crippen molar-refractivity contribution in [2.24, 2.45) is 0 Å². The number of sulfonamides is 1. The standard InChI is InChI=1S/C30H28N6O3S2/c1-20-4-8-22(9-5-20)27-28(23-10-6-21(2)7-11-23)35-30(34-27)40-19-16-26(37)33-24-12-14-25(15-13-24)41(38,39)36-29-31-17-3-18-32-29/h3-15,17-18H,16,19H2,1-2H3,(H,33,37)(H,34,35)(H,31,32,36). The van der Waals surface area contributed by atoms with Crippen LogP contribution in [0.15, 0.2) is 101 Å². The number of aryl methyl sites for hydroxylation is 2. The fourth-order valence-electron chi connectivity index (χ4n) is 3.98. The van der Waals surface area contributed by atoms with E-state index in [9.17, 15) is 13.2 Å². The van der Waals surface area contributed by atoms with Crippen molar-refractivity contribution in [2.45, 2.75) is 30.3 Å². The van der Waals surface area contributed by atoms with Crippen LogP contribution in [0, 0.1) is 13.8 Å². The largest absolute Gasteiger partial charge is 0.332 e. The molecule has 9 nitrogen and oxygen atoms in total. The number of rotatable bonds is 10. The lowest BCUT2D eigenvalue weighted by atomic mass is 10.0. The highest BCUT2D eigenvalue weighted by Gasteiger charge is 2.17. The summed E-state index contributed by atoms with van der Waals surface area (Å²) in [6.07, 6.45) is 3.14. The number of amides is 1. The average molecular weight is 585 g/mol. The maximum Gasteiger partial charge on any atom is 0.264 e. The van der Waals surface area contributed by atoms with Gasteiger partial charge in [-0.3, -0.25) is 4.79 Å². The summed E-state index contributed by atoms with van der Waals surface area (Å²) in [4.78, 5) is 28.7. The second kappa shape index (κ2) is 12.4. The molecule has 208 valence electrons. The lowest BCUT2D eigenvalue weighted by molar-refractivity contribution is -0.115. The number of aromatic amines is 1. The monoisotopic (exact) mass is 584 g/mol. The summed E-state index contributed by atoms with van der Waals surface area (Å²) in [7, 11) is -3.85. The maximum atomic E-state index is 12.6. The van der Waals surface area contributed by atoms with Gasteiger partial charge in [-0.15, -0.1) is 0 Å². The molecule has 5 aromatic rings. The quantitative estimate of drug-likeness (QED) is 0.170. The predicted molar refractivity (Wildman–Crippen MR) is 162 cm³/mol. The maximum absolute atomic E-state index is 12.6. The van der Waals surface area contributed by atoms with E-state index in [1.54, 1.807) is 18.2 Å². The average Bonchev–Trinajstić information content (AvgIpc) is 3.38. The lowest BCUT2D eigenvalue weighted by Gasteiger charge is -2.08. The minimum absolute atomic E-state index is 0.0177. The van der Waals surface area contributed by atoms with E-state index in [4.69, 9.17) is 4.98 Å². The highest BCUT2D eigenvalue weighted by atomic mass is 32.2. The van der Waals surface area contributed by atoms with Crippen molar-refractivity contribution in [1.29, 1.82) is 0 Å². The molecule has 2 heterocycles. The number of nitrogens with one attached hydrogen (secondary N) is 3. The van der Waals surface area contributed by atoms with Crippen LogP contribution >= 0.6 is 11.8 Å². The lowest BCUT2D eigenvalue weighted by Crippen LogP contribution is -2.15. The Morgan fingerprint density at radius 3 is 2.10 bits per heavy atom. The molecule has 0 atom stereocenters. The second-order valence-electron chi connectivity index (χ2n) is 9.35. The number of carbonyl (C=O) groups excluding carboxylic acids is 1. The molecule has 0 spiro atoms. The number of imidazole rings is 1. The van der Waals surface area contributed by atoms with E-state index in [0.717, 1.165) is 27.7 Å². The molecule has 0 unspecified atom stereocenters. The molecule has 0 aliphatic heterocycles. The summed E-state index contributed by atoms with van der Waals surface area (Å²) in [5, 5.41) is 3.54. The van der Waals surface area contributed by atoms with Crippen molar-refractivity contribution in [3.63, 3.8) is 0 Å². The smallest absolute Gasteiger partial charge is 0.264 e. The second-order valence-corrected chi connectivity index (χ2v) is 12.1. The summed E-state index contributed by atoms with van der Waals surface area (Å²) in [5.41, 5.74) is 6.71. The summed E-state index contributed by atoms with van der Waals surface area (Å²) < 4.78 is 27.4. The fourth-order valence-corrected chi connectivity index (χ4v) is 5.75. The Morgan fingerprint density at radius 2 is 1.46 bits per heavy atom. The fraction of sp³-hybridized carbons (Fsp3) is 0.133. The zero-order valence-electron chi connectivity index (χ0n) is 22.5. The third kappa shape index (κ3) is 7.19. The van der Waals surface area contributed by atoms with Gasteiger partial charge in [0.15, 0.2) is 5.16 Å². The predicted octanol–water partition coefficient (Wildman–Crippen LogP) is 6.07. The highest BCUT2D eigenvalue weighted by molar-refractivity contribution is 7.99. The number of thioether (sulfide) groups is 1. The molecule has 0 fully saturated rings. The topological polar surface area (TPSA) is 130 Å². The number of benzene rings is 3. The molecular formula is C30H28N6O3S2. The zero-order valence-corrected chi connectivity index (χ0v) is 24.1.